The number of carbonyl (C=O) groups excluding carboxylic acids is 2. The first-order valence-electron chi connectivity index (χ1n) is 7.35. The molecular weight excluding hydrogens is 280 g/mol. The molecule has 4 bridgehead atoms. The molecule has 5 rings (SSSR count). The summed E-state index contributed by atoms with van der Waals surface area (Å²) in [5.74, 6) is -0.697. The zero-order valence-corrected chi connectivity index (χ0v) is 11.5. The van der Waals surface area contributed by atoms with E-state index in [4.69, 9.17) is 14.2 Å². The molecule has 8 nitrogen and oxygen atoms in total. The van der Waals surface area contributed by atoms with Crippen molar-refractivity contribution in [3.05, 3.63) is 0 Å². The van der Waals surface area contributed by atoms with Crippen LogP contribution in [-0.2, 0) is 23.8 Å². The van der Waals surface area contributed by atoms with E-state index >= 15 is 0 Å². The summed E-state index contributed by atoms with van der Waals surface area (Å²) in [7, 11) is 0. The normalized spacial score (nSPS) is 44.4. The van der Waals surface area contributed by atoms with Gasteiger partial charge in [-0.05, 0) is 0 Å². The maximum atomic E-state index is 12.1. The molecule has 5 aliphatic rings. The molecule has 116 valence electrons. The van der Waals surface area contributed by atoms with E-state index in [0.717, 1.165) is 24.2 Å². The smallest absolute Gasteiger partial charge is 0.373 e. The van der Waals surface area contributed by atoms with Crippen molar-refractivity contribution in [2.45, 2.75) is 62.7 Å². The number of amides is 2. The molecule has 0 spiro atoms. The van der Waals surface area contributed by atoms with E-state index in [2.05, 4.69) is 5.32 Å². The number of hydrogen-bond acceptors (Lipinski definition) is 6. The minimum absolute atomic E-state index is 0.0376. The van der Waals surface area contributed by atoms with E-state index in [1.165, 1.54) is 0 Å². The van der Waals surface area contributed by atoms with Crippen LogP contribution in [0.2, 0.25) is 0 Å². The second-order valence-electron chi connectivity index (χ2n) is 6.07. The Morgan fingerprint density at radius 1 is 1.24 bits per heavy atom. The van der Waals surface area contributed by atoms with Gasteiger partial charge in [0.15, 0.2) is 0 Å². The van der Waals surface area contributed by atoms with E-state index < -0.39 is 18.2 Å². The molecule has 4 aliphatic heterocycles. The van der Waals surface area contributed by atoms with Gasteiger partial charge >= 0.3 is 6.10 Å². The van der Waals surface area contributed by atoms with Gasteiger partial charge in [-0.15, -0.1) is 0 Å². The molecule has 0 aromatic heterocycles. The lowest BCUT2D eigenvalue weighted by Gasteiger charge is -2.54. The minimum Gasteiger partial charge on any atom is -0.373 e. The summed E-state index contributed by atoms with van der Waals surface area (Å²) in [6.45, 7) is -0.224. The summed E-state index contributed by atoms with van der Waals surface area (Å²) in [6, 6.07) is 0. The summed E-state index contributed by atoms with van der Waals surface area (Å²) in [6.07, 6.45) is 0.772. The molecule has 1 saturated carbocycles. The summed E-state index contributed by atoms with van der Waals surface area (Å²) in [4.78, 5) is 24.8. The number of nitrogens with zero attached hydrogens (tertiary/aromatic N) is 1. The highest BCUT2D eigenvalue weighted by molar-refractivity contribution is 5.86. The van der Waals surface area contributed by atoms with Crippen LogP contribution < -0.4 is 5.32 Å². The molecule has 4 saturated heterocycles. The second-order valence-corrected chi connectivity index (χ2v) is 6.07. The molecule has 0 aromatic carbocycles. The van der Waals surface area contributed by atoms with Crippen molar-refractivity contribution in [2.24, 2.45) is 0 Å². The molecular formula is C13H18N2O6. The van der Waals surface area contributed by atoms with Crippen molar-refractivity contribution >= 4 is 11.8 Å². The van der Waals surface area contributed by atoms with Gasteiger partial charge in [-0.3, -0.25) is 14.9 Å². The number of likely N-dealkylation sites (tertiary alicyclic amines) is 1. The second kappa shape index (κ2) is 4.64. The van der Waals surface area contributed by atoms with Crippen molar-refractivity contribution < 1.29 is 28.9 Å². The standard InChI is InChI=1S/C13H18N2O6/c16-10(6-15-11(17)1-2-12(15)18)14-13-19-7-3-8(20-13)5-9(4-7)21-13/h7-9,11,17H,1-6H2,(H,14,16). The lowest BCUT2D eigenvalue weighted by molar-refractivity contribution is -0.501. The lowest BCUT2D eigenvalue weighted by Crippen LogP contribution is -2.69. The first-order chi connectivity index (χ1) is 10.0. The highest BCUT2D eigenvalue weighted by Gasteiger charge is 2.56. The van der Waals surface area contributed by atoms with Crippen molar-refractivity contribution in [3.8, 4) is 0 Å². The Hall–Kier alpha value is -1.22. The highest BCUT2D eigenvalue weighted by atomic mass is 16.9. The van der Waals surface area contributed by atoms with Crippen LogP contribution in [0.5, 0.6) is 0 Å². The van der Waals surface area contributed by atoms with Crippen LogP contribution in [-0.4, -0.2) is 59.0 Å². The average Bonchev–Trinajstić information content (AvgIpc) is 2.68. The molecule has 2 N–H and O–H groups in total. The molecule has 21 heavy (non-hydrogen) atoms. The largest absolute Gasteiger partial charge is 0.377 e. The Morgan fingerprint density at radius 2 is 1.81 bits per heavy atom. The van der Waals surface area contributed by atoms with Crippen LogP contribution in [0.4, 0.5) is 0 Å². The van der Waals surface area contributed by atoms with Crippen LogP contribution in [0, 0.1) is 0 Å². The zero-order chi connectivity index (χ0) is 14.6. The van der Waals surface area contributed by atoms with Crippen LogP contribution in [0.15, 0.2) is 0 Å². The van der Waals surface area contributed by atoms with Crippen molar-refractivity contribution in [2.75, 3.05) is 6.54 Å². The minimum atomic E-state index is -1.51. The van der Waals surface area contributed by atoms with E-state index in [1.807, 2.05) is 0 Å². The van der Waals surface area contributed by atoms with Gasteiger partial charge in [-0.25, -0.2) is 0 Å². The summed E-state index contributed by atoms with van der Waals surface area (Å²) < 4.78 is 17.0. The molecule has 4 heterocycles. The third-order valence-corrected chi connectivity index (χ3v) is 4.45. The van der Waals surface area contributed by atoms with E-state index in [-0.39, 0.29) is 37.2 Å². The predicted molar refractivity (Wildman–Crippen MR) is 66.3 cm³/mol. The number of rotatable bonds is 3. The first kappa shape index (κ1) is 13.4. The van der Waals surface area contributed by atoms with Crippen molar-refractivity contribution in [1.82, 2.24) is 10.2 Å². The van der Waals surface area contributed by atoms with Crippen molar-refractivity contribution in [1.29, 1.82) is 0 Å². The number of ether oxygens (including phenoxy) is 3. The van der Waals surface area contributed by atoms with Crippen LogP contribution >= 0.6 is 0 Å². The summed E-state index contributed by atoms with van der Waals surface area (Å²) >= 11 is 0. The molecule has 2 amide bonds. The zero-order valence-electron chi connectivity index (χ0n) is 11.5. The van der Waals surface area contributed by atoms with Gasteiger partial charge in [0.25, 0.3) is 0 Å². The Balaban J connectivity index is 1.41. The Bertz CT molecular complexity index is 446. The van der Waals surface area contributed by atoms with E-state index in [0.29, 0.717) is 6.42 Å². The fraction of sp³-hybridized carbons (Fsp3) is 0.846. The van der Waals surface area contributed by atoms with Gasteiger partial charge in [0, 0.05) is 32.1 Å². The third kappa shape index (κ3) is 2.32. The molecule has 1 unspecified atom stereocenters. The summed E-state index contributed by atoms with van der Waals surface area (Å²) in [5, 5.41) is 12.3. The average molecular weight is 298 g/mol. The maximum Gasteiger partial charge on any atom is 0.377 e. The van der Waals surface area contributed by atoms with Gasteiger partial charge in [-0.2, -0.15) is 0 Å². The van der Waals surface area contributed by atoms with E-state index in [1.54, 1.807) is 0 Å². The lowest BCUT2D eigenvalue weighted by atomic mass is 9.90. The highest BCUT2D eigenvalue weighted by Crippen LogP contribution is 2.43. The molecule has 8 heteroatoms. The third-order valence-electron chi connectivity index (χ3n) is 4.45. The SMILES string of the molecule is O=C(CN1C(=O)CCC1O)NC12OC3CC(CC(C3)O1)O2. The molecule has 0 aromatic rings. The molecule has 1 aliphatic carbocycles. The molecule has 0 radical (unpaired) electrons. The Kier molecular flexibility index (Phi) is 2.97. The van der Waals surface area contributed by atoms with Gasteiger partial charge in [0.2, 0.25) is 11.8 Å². The summed E-state index contributed by atoms with van der Waals surface area (Å²) in [5.41, 5.74) is 0. The number of nitrogens with one attached hydrogen (secondary N) is 1. The fourth-order valence-electron chi connectivity index (χ4n) is 3.56. The predicted octanol–water partition coefficient (Wildman–Crippen LogP) is -0.979. The maximum absolute atomic E-state index is 12.1. The number of aliphatic hydroxyl groups excluding tert-OH is 1. The fourth-order valence-corrected chi connectivity index (χ4v) is 3.56. The topological polar surface area (TPSA) is 97.3 Å². The monoisotopic (exact) mass is 298 g/mol. The van der Waals surface area contributed by atoms with Crippen molar-refractivity contribution in [3.63, 3.8) is 0 Å². The number of aliphatic hydroxyl groups is 1. The quantitative estimate of drug-likeness (QED) is 0.695. The van der Waals surface area contributed by atoms with Crippen LogP contribution in [0.3, 0.4) is 0 Å². The molecule has 1 atom stereocenters. The van der Waals surface area contributed by atoms with Gasteiger partial charge in [0.05, 0.1) is 18.3 Å². The van der Waals surface area contributed by atoms with Gasteiger partial charge in [-0.1, -0.05) is 0 Å². The Morgan fingerprint density at radius 3 is 2.29 bits per heavy atom. The van der Waals surface area contributed by atoms with E-state index in [9.17, 15) is 14.7 Å². The molecule has 5 fully saturated rings. The number of carbonyl (C=O) groups is 2. The van der Waals surface area contributed by atoms with Gasteiger partial charge in [0.1, 0.15) is 12.8 Å². The van der Waals surface area contributed by atoms with Crippen LogP contribution in [0.1, 0.15) is 32.1 Å². The van der Waals surface area contributed by atoms with Gasteiger partial charge < -0.3 is 24.2 Å². The Labute approximate surface area is 121 Å². The first-order valence-corrected chi connectivity index (χ1v) is 7.35. The number of hydrogen-bond donors (Lipinski definition) is 2. The van der Waals surface area contributed by atoms with Crippen LogP contribution in [0.25, 0.3) is 0 Å².